The molecule has 0 aliphatic carbocycles. The number of benzene rings is 1. The van der Waals surface area contributed by atoms with Crippen molar-refractivity contribution in [1.29, 1.82) is 0 Å². The van der Waals surface area contributed by atoms with Gasteiger partial charge in [-0.25, -0.2) is 9.07 Å². The second-order valence-electron chi connectivity index (χ2n) is 8.61. The molecule has 0 bridgehead atoms. The molecule has 3 aliphatic heterocycles. The number of fused-ring (bicyclic) bond motifs is 1. The summed E-state index contributed by atoms with van der Waals surface area (Å²) >= 11 is 0. The molecule has 152 valence electrons. The first-order valence-electron chi connectivity index (χ1n) is 10.8. The second kappa shape index (κ2) is 7.73. The first-order chi connectivity index (χ1) is 13.7. The summed E-state index contributed by atoms with van der Waals surface area (Å²) in [7, 11) is 0. The maximum absolute atomic E-state index is 14.0. The summed E-state index contributed by atoms with van der Waals surface area (Å²) in [4.78, 5) is 2.29. The van der Waals surface area contributed by atoms with Crippen molar-refractivity contribution in [2.75, 3.05) is 32.9 Å². The third-order valence-electron chi connectivity index (χ3n) is 6.83. The molecule has 0 radical (unpaired) electrons. The Morgan fingerprint density at radius 3 is 2.68 bits per heavy atom. The Hall–Kier alpha value is -1.50. The zero-order valence-corrected chi connectivity index (χ0v) is 16.6. The summed E-state index contributed by atoms with van der Waals surface area (Å²) in [6, 6.07) is 4.56. The molecule has 1 aromatic carbocycles. The maximum atomic E-state index is 14.0. The van der Waals surface area contributed by atoms with E-state index < -0.39 is 6.17 Å². The summed E-state index contributed by atoms with van der Waals surface area (Å²) in [5.41, 5.74) is 3.94. The topological polar surface area (TPSA) is 39.5 Å². The Bertz CT molecular complexity index is 825. The number of halogens is 1. The van der Waals surface area contributed by atoms with Crippen LogP contribution < -0.4 is 0 Å². The van der Waals surface area contributed by atoms with Gasteiger partial charge in [-0.15, -0.1) is 0 Å². The Kier molecular flexibility index (Phi) is 5.11. The molecule has 3 unspecified atom stereocenters. The van der Waals surface area contributed by atoms with Gasteiger partial charge in [0.05, 0.1) is 31.0 Å². The lowest BCUT2D eigenvalue weighted by Crippen LogP contribution is -2.45. The normalized spacial score (nSPS) is 30.3. The second-order valence-corrected chi connectivity index (χ2v) is 8.61. The van der Waals surface area contributed by atoms with E-state index in [4.69, 9.17) is 9.47 Å². The van der Waals surface area contributed by atoms with Crippen LogP contribution in [0.4, 0.5) is 4.39 Å². The van der Waals surface area contributed by atoms with Gasteiger partial charge >= 0.3 is 0 Å². The molecule has 0 amide bonds. The Labute approximate surface area is 165 Å². The van der Waals surface area contributed by atoms with Gasteiger partial charge in [0.25, 0.3) is 0 Å². The number of aromatic nitrogens is 2. The van der Waals surface area contributed by atoms with Crippen molar-refractivity contribution in [3.05, 3.63) is 29.5 Å². The molecule has 6 heteroatoms. The van der Waals surface area contributed by atoms with Gasteiger partial charge < -0.3 is 9.47 Å². The van der Waals surface area contributed by atoms with Gasteiger partial charge in [-0.1, -0.05) is 0 Å². The summed E-state index contributed by atoms with van der Waals surface area (Å²) in [5, 5.41) is 5.84. The number of hydrogen-bond acceptors (Lipinski definition) is 4. The third kappa shape index (κ3) is 3.36. The average molecular weight is 387 g/mol. The fourth-order valence-corrected chi connectivity index (χ4v) is 5.20. The van der Waals surface area contributed by atoms with Crippen molar-refractivity contribution in [2.24, 2.45) is 0 Å². The van der Waals surface area contributed by atoms with Crippen LogP contribution in [-0.4, -0.2) is 59.8 Å². The molecule has 5 rings (SSSR count). The van der Waals surface area contributed by atoms with E-state index in [1.54, 1.807) is 0 Å². The van der Waals surface area contributed by atoms with Crippen molar-refractivity contribution >= 4 is 10.9 Å². The number of nitrogens with zero attached hydrogens (tertiary/aromatic N) is 3. The molecule has 5 nitrogen and oxygen atoms in total. The number of aryl methyl sites for hydroxylation is 1. The van der Waals surface area contributed by atoms with Crippen LogP contribution in [-0.2, 0) is 9.47 Å². The van der Waals surface area contributed by atoms with Crippen molar-refractivity contribution < 1.29 is 13.9 Å². The predicted molar refractivity (Wildman–Crippen MR) is 106 cm³/mol. The molecule has 2 aromatic rings. The highest BCUT2D eigenvalue weighted by molar-refractivity contribution is 5.80. The fourth-order valence-electron chi connectivity index (χ4n) is 5.20. The number of likely N-dealkylation sites (tertiary alicyclic amines) is 1. The van der Waals surface area contributed by atoms with E-state index in [9.17, 15) is 4.39 Å². The number of rotatable bonds is 3. The van der Waals surface area contributed by atoms with E-state index in [1.807, 2.05) is 6.20 Å². The molecule has 1 aromatic heterocycles. The Morgan fingerprint density at radius 2 is 1.96 bits per heavy atom. The van der Waals surface area contributed by atoms with E-state index in [1.165, 1.54) is 28.5 Å². The fraction of sp³-hybridized carbons (Fsp3) is 0.682. The van der Waals surface area contributed by atoms with Crippen LogP contribution >= 0.6 is 0 Å². The van der Waals surface area contributed by atoms with Crippen molar-refractivity contribution in [3.63, 3.8) is 0 Å². The van der Waals surface area contributed by atoms with Crippen LogP contribution in [0.5, 0.6) is 0 Å². The summed E-state index contributed by atoms with van der Waals surface area (Å²) in [6.45, 7) is 5.72. The molecule has 28 heavy (non-hydrogen) atoms. The minimum atomic E-state index is -0.834. The molecule has 3 aliphatic rings. The Balaban J connectivity index is 1.36. The zero-order valence-electron chi connectivity index (χ0n) is 16.6. The lowest BCUT2D eigenvalue weighted by atomic mass is 9.85. The molecule has 4 heterocycles. The monoisotopic (exact) mass is 387 g/mol. The highest BCUT2D eigenvalue weighted by Crippen LogP contribution is 2.35. The standard InChI is InChI=1S/C22H30FN3O2/c1-15-10-17-12-24-26(22-4-2-3-9-28-22)20(17)11-18(15)16-5-7-25(8-6-16)21-14-27-13-19(21)23/h10-12,16,19,21-22H,2-9,13-14H2,1H3. The van der Waals surface area contributed by atoms with E-state index in [0.29, 0.717) is 12.5 Å². The van der Waals surface area contributed by atoms with E-state index >= 15 is 0 Å². The molecular weight excluding hydrogens is 357 g/mol. The molecule has 0 saturated carbocycles. The molecular formula is C22H30FN3O2. The van der Waals surface area contributed by atoms with Crippen LogP contribution in [0.1, 0.15) is 55.4 Å². The largest absolute Gasteiger partial charge is 0.377 e. The quantitative estimate of drug-likeness (QED) is 0.799. The van der Waals surface area contributed by atoms with Crippen LogP contribution in [0, 0.1) is 6.92 Å². The smallest absolute Gasteiger partial charge is 0.150 e. The average Bonchev–Trinajstić information content (AvgIpc) is 3.34. The lowest BCUT2D eigenvalue weighted by Gasteiger charge is -2.36. The lowest BCUT2D eigenvalue weighted by molar-refractivity contribution is -0.0366. The van der Waals surface area contributed by atoms with Crippen LogP contribution in [0.15, 0.2) is 18.3 Å². The van der Waals surface area contributed by atoms with Gasteiger partial charge in [0.1, 0.15) is 6.17 Å². The predicted octanol–water partition coefficient (Wildman–Crippen LogP) is 3.96. The first kappa shape index (κ1) is 18.5. The summed E-state index contributed by atoms with van der Waals surface area (Å²) in [6.07, 6.45) is 6.72. The minimum absolute atomic E-state index is 0.0468. The zero-order chi connectivity index (χ0) is 19.1. The van der Waals surface area contributed by atoms with Crippen molar-refractivity contribution in [3.8, 4) is 0 Å². The highest BCUT2D eigenvalue weighted by atomic mass is 19.1. The van der Waals surface area contributed by atoms with Gasteiger partial charge in [-0.2, -0.15) is 5.10 Å². The first-order valence-corrected chi connectivity index (χ1v) is 10.8. The third-order valence-corrected chi connectivity index (χ3v) is 6.83. The summed E-state index contributed by atoms with van der Waals surface area (Å²) in [5.74, 6) is 0.525. The maximum Gasteiger partial charge on any atom is 0.150 e. The Morgan fingerprint density at radius 1 is 1.11 bits per heavy atom. The van der Waals surface area contributed by atoms with E-state index in [2.05, 4.69) is 33.7 Å². The SMILES string of the molecule is Cc1cc2cnn(C3CCCCO3)c2cc1C1CCN(C2COCC2F)CC1. The number of hydrogen-bond donors (Lipinski definition) is 0. The van der Waals surface area contributed by atoms with Crippen LogP contribution in [0.3, 0.4) is 0 Å². The number of alkyl halides is 1. The highest BCUT2D eigenvalue weighted by Gasteiger charge is 2.35. The van der Waals surface area contributed by atoms with Crippen LogP contribution in [0.25, 0.3) is 10.9 Å². The van der Waals surface area contributed by atoms with Gasteiger partial charge in [0.15, 0.2) is 6.23 Å². The van der Waals surface area contributed by atoms with E-state index in [0.717, 1.165) is 45.4 Å². The molecule has 3 saturated heterocycles. The van der Waals surface area contributed by atoms with Crippen LogP contribution in [0.2, 0.25) is 0 Å². The number of piperidine rings is 1. The van der Waals surface area contributed by atoms with Gasteiger partial charge in [-0.05, 0) is 81.3 Å². The van der Waals surface area contributed by atoms with Gasteiger partial charge in [0, 0.05) is 12.0 Å². The molecule has 3 fully saturated rings. The van der Waals surface area contributed by atoms with Gasteiger partial charge in [-0.3, -0.25) is 4.90 Å². The molecule has 3 atom stereocenters. The summed E-state index contributed by atoms with van der Waals surface area (Å²) < 4.78 is 27.4. The minimum Gasteiger partial charge on any atom is -0.377 e. The van der Waals surface area contributed by atoms with Gasteiger partial charge in [0.2, 0.25) is 0 Å². The molecule has 0 spiro atoms. The van der Waals surface area contributed by atoms with E-state index in [-0.39, 0.29) is 18.9 Å². The van der Waals surface area contributed by atoms with Crippen molar-refractivity contribution in [2.45, 2.75) is 63.4 Å². The number of ether oxygens (including phenoxy) is 2. The van der Waals surface area contributed by atoms with Crippen molar-refractivity contribution in [1.82, 2.24) is 14.7 Å². The molecule has 0 N–H and O–H groups in total.